The molecule has 4 N–H and O–H groups in total. The Balaban J connectivity index is 0.00000169. The van der Waals surface area contributed by atoms with Crippen molar-refractivity contribution in [1.29, 1.82) is 5.26 Å². The van der Waals surface area contributed by atoms with E-state index in [-0.39, 0.29) is 30.3 Å². The minimum Gasteiger partial charge on any atom is -0.508 e. The van der Waals surface area contributed by atoms with Crippen LogP contribution < -0.4 is 5.73 Å². The van der Waals surface area contributed by atoms with Crippen LogP contribution in [0, 0.1) is 11.3 Å². The molecule has 0 amide bonds. The molecule has 0 saturated heterocycles. The van der Waals surface area contributed by atoms with Crippen molar-refractivity contribution in [1.82, 2.24) is 0 Å². The summed E-state index contributed by atoms with van der Waals surface area (Å²) in [5.74, 6) is -0.105. The third kappa shape index (κ3) is 3.13. The summed E-state index contributed by atoms with van der Waals surface area (Å²) in [7, 11) is 0. The highest BCUT2D eigenvalue weighted by Crippen LogP contribution is 2.24. The fraction of sp³-hybridized carbons (Fsp3) is 0.222. The summed E-state index contributed by atoms with van der Waals surface area (Å²) in [6.45, 7) is 0. The average molecular weight is 215 g/mol. The Kier molecular flexibility index (Phi) is 4.78. The molecule has 0 aliphatic heterocycles. The number of nitrogens with two attached hydrogens (primary N) is 1. The molecule has 0 radical (unpaired) electrons. The molecule has 0 fully saturated rings. The normalized spacial score (nSPS) is 11.1. The van der Waals surface area contributed by atoms with Gasteiger partial charge in [0.15, 0.2) is 0 Å². The van der Waals surface area contributed by atoms with Gasteiger partial charge in [-0.2, -0.15) is 5.26 Å². The highest BCUT2D eigenvalue weighted by molar-refractivity contribution is 5.85. The van der Waals surface area contributed by atoms with Gasteiger partial charge < -0.3 is 15.9 Å². The second-order valence-corrected chi connectivity index (χ2v) is 2.75. The molecule has 0 saturated carbocycles. The number of phenols is 2. The molecule has 4 nitrogen and oxygen atoms in total. The lowest BCUT2D eigenvalue weighted by atomic mass is 10.0. The van der Waals surface area contributed by atoms with Crippen molar-refractivity contribution in [2.24, 2.45) is 5.73 Å². The number of rotatable bonds is 2. The first-order valence-electron chi connectivity index (χ1n) is 3.79. The fourth-order valence-electron chi connectivity index (χ4n) is 1.05. The van der Waals surface area contributed by atoms with Gasteiger partial charge in [0.25, 0.3) is 0 Å². The third-order valence-corrected chi connectivity index (χ3v) is 1.66. The number of halogens is 1. The van der Waals surface area contributed by atoms with E-state index in [0.29, 0.717) is 5.56 Å². The van der Waals surface area contributed by atoms with Crippen LogP contribution >= 0.6 is 12.4 Å². The van der Waals surface area contributed by atoms with Gasteiger partial charge in [-0.15, -0.1) is 12.4 Å². The molecule has 0 aliphatic rings. The van der Waals surface area contributed by atoms with Crippen molar-refractivity contribution in [3.8, 4) is 17.6 Å². The Morgan fingerprint density at radius 3 is 2.21 bits per heavy atom. The number of nitrogens with zero attached hydrogens (tertiary/aromatic N) is 1. The lowest BCUT2D eigenvalue weighted by molar-refractivity contribution is 0.448. The van der Waals surface area contributed by atoms with Crippen LogP contribution in [0.3, 0.4) is 0 Å². The van der Waals surface area contributed by atoms with E-state index in [1.54, 1.807) is 0 Å². The molecule has 0 bridgehead atoms. The van der Waals surface area contributed by atoms with Gasteiger partial charge >= 0.3 is 0 Å². The zero-order valence-corrected chi connectivity index (χ0v) is 8.16. The average Bonchev–Trinajstić information content (AvgIpc) is 2.03. The minimum atomic E-state index is -0.469. The van der Waals surface area contributed by atoms with Crippen LogP contribution in [0.15, 0.2) is 18.2 Å². The molecule has 5 heteroatoms. The first kappa shape index (κ1) is 12.6. The second-order valence-electron chi connectivity index (χ2n) is 2.75. The maximum Gasteiger partial charge on any atom is 0.119 e. The van der Waals surface area contributed by atoms with E-state index in [1.807, 2.05) is 6.07 Å². The van der Waals surface area contributed by atoms with Crippen molar-refractivity contribution in [2.75, 3.05) is 0 Å². The van der Waals surface area contributed by atoms with Crippen molar-refractivity contribution in [3.05, 3.63) is 23.8 Å². The van der Waals surface area contributed by atoms with E-state index in [2.05, 4.69) is 0 Å². The van der Waals surface area contributed by atoms with Gasteiger partial charge in [-0.05, 0) is 17.7 Å². The topological polar surface area (TPSA) is 90.3 Å². The summed E-state index contributed by atoms with van der Waals surface area (Å²) >= 11 is 0. The van der Waals surface area contributed by atoms with Gasteiger partial charge in [0.1, 0.15) is 11.5 Å². The Labute approximate surface area is 88.0 Å². The molecule has 76 valence electrons. The van der Waals surface area contributed by atoms with Crippen LogP contribution in [0.5, 0.6) is 11.5 Å². The van der Waals surface area contributed by atoms with Crippen LogP contribution in [0.1, 0.15) is 18.0 Å². The summed E-state index contributed by atoms with van der Waals surface area (Å²) < 4.78 is 0. The van der Waals surface area contributed by atoms with E-state index in [0.717, 1.165) is 0 Å². The van der Waals surface area contributed by atoms with Crippen molar-refractivity contribution in [2.45, 2.75) is 12.5 Å². The van der Waals surface area contributed by atoms with Crippen LogP contribution in [0.25, 0.3) is 0 Å². The molecule has 0 aromatic heterocycles. The lowest BCUT2D eigenvalue weighted by Gasteiger charge is -2.08. The van der Waals surface area contributed by atoms with E-state index in [1.165, 1.54) is 18.2 Å². The van der Waals surface area contributed by atoms with Gasteiger partial charge in [-0.1, -0.05) is 0 Å². The first-order valence-corrected chi connectivity index (χ1v) is 3.79. The summed E-state index contributed by atoms with van der Waals surface area (Å²) in [4.78, 5) is 0. The molecule has 1 aromatic rings. The SMILES string of the molecule is Cl.N#CC[C@H](N)c1cc(O)cc(O)c1. The number of aromatic hydroxyl groups is 2. The van der Waals surface area contributed by atoms with Crippen LogP contribution in [0.4, 0.5) is 0 Å². The molecule has 0 unspecified atom stereocenters. The zero-order chi connectivity index (χ0) is 9.84. The molecule has 14 heavy (non-hydrogen) atoms. The van der Waals surface area contributed by atoms with Gasteiger partial charge in [-0.25, -0.2) is 0 Å². The standard InChI is InChI=1S/C9H10N2O2.ClH/c10-2-1-9(11)6-3-7(12)5-8(13)4-6;/h3-5,9,12-13H,1,11H2;1H/t9-;/m0./s1. The predicted molar refractivity (Wildman–Crippen MR) is 54.2 cm³/mol. The van der Waals surface area contributed by atoms with Crippen molar-refractivity contribution >= 4 is 12.4 Å². The lowest BCUT2D eigenvalue weighted by Crippen LogP contribution is -2.08. The van der Waals surface area contributed by atoms with Crippen molar-refractivity contribution < 1.29 is 10.2 Å². The fourth-order valence-corrected chi connectivity index (χ4v) is 1.05. The zero-order valence-electron chi connectivity index (χ0n) is 7.34. The van der Waals surface area contributed by atoms with Crippen LogP contribution in [-0.4, -0.2) is 10.2 Å². The largest absolute Gasteiger partial charge is 0.508 e. The quantitative estimate of drug-likeness (QED) is 0.695. The Hall–Kier alpha value is -1.44. The smallest absolute Gasteiger partial charge is 0.119 e. The Morgan fingerprint density at radius 1 is 1.29 bits per heavy atom. The minimum absolute atomic E-state index is 0. The highest BCUT2D eigenvalue weighted by Gasteiger charge is 2.07. The second kappa shape index (κ2) is 5.32. The Morgan fingerprint density at radius 2 is 1.79 bits per heavy atom. The van der Waals surface area contributed by atoms with Crippen molar-refractivity contribution in [3.63, 3.8) is 0 Å². The number of hydrogen-bond donors (Lipinski definition) is 3. The molecule has 1 atom stereocenters. The van der Waals surface area contributed by atoms with E-state index in [4.69, 9.17) is 21.2 Å². The monoisotopic (exact) mass is 214 g/mol. The predicted octanol–water partition coefficient (Wildman–Crippen LogP) is 1.43. The third-order valence-electron chi connectivity index (χ3n) is 1.66. The van der Waals surface area contributed by atoms with Gasteiger partial charge in [0, 0.05) is 12.1 Å². The molecule has 0 spiro atoms. The maximum atomic E-state index is 9.11. The summed E-state index contributed by atoms with van der Waals surface area (Å²) in [6, 6.07) is 5.52. The number of hydrogen-bond acceptors (Lipinski definition) is 4. The molecule has 0 aliphatic carbocycles. The summed E-state index contributed by atoms with van der Waals surface area (Å²) in [6.07, 6.45) is 0.156. The number of benzene rings is 1. The maximum absolute atomic E-state index is 9.11. The van der Waals surface area contributed by atoms with E-state index < -0.39 is 6.04 Å². The van der Waals surface area contributed by atoms with Gasteiger partial charge in [0.05, 0.1) is 12.5 Å². The molecular weight excluding hydrogens is 204 g/mol. The molecule has 1 aromatic carbocycles. The highest BCUT2D eigenvalue weighted by atomic mass is 35.5. The summed E-state index contributed by atoms with van der Waals surface area (Å²) in [5, 5.41) is 26.6. The first-order chi connectivity index (χ1) is 6.13. The van der Waals surface area contributed by atoms with E-state index >= 15 is 0 Å². The number of phenolic OH excluding ortho intramolecular Hbond substituents is 2. The van der Waals surface area contributed by atoms with Crippen LogP contribution in [0.2, 0.25) is 0 Å². The number of nitriles is 1. The molecular formula is C9H11ClN2O2. The van der Waals surface area contributed by atoms with E-state index in [9.17, 15) is 0 Å². The molecule has 1 rings (SSSR count). The van der Waals surface area contributed by atoms with Crippen LogP contribution in [-0.2, 0) is 0 Å². The summed E-state index contributed by atoms with van der Waals surface area (Å²) in [5.41, 5.74) is 6.15. The Bertz CT molecular complexity index is 329. The van der Waals surface area contributed by atoms with Gasteiger partial charge in [-0.3, -0.25) is 0 Å². The molecule has 0 heterocycles. The van der Waals surface area contributed by atoms with Gasteiger partial charge in [0.2, 0.25) is 0 Å².